The van der Waals surface area contributed by atoms with Crippen molar-refractivity contribution in [2.75, 3.05) is 0 Å². The van der Waals surface area contributed by atoms with E-state index < -0.39 is 0 Å². The van der Waals surface area contributed by atoms with Crippen molar-refractivity contribution in [3.8, 4) is 16.9 Å². The van der Waals surface area contributed by atoms with Gasteiger partial charge in [0, 0.05) is 36.2 Å². The number of aromatic amines is 1. The van der Waals surface area contributed by atoms with Crippen LogP contribution in [0.3, 0.4) is 0 Å². The van der Waals surface area contributed by atoms with Crippen LogP contribution in [-0.2, 0) is 6.54 Å². The van der Waals surface area contributed by atoms with Crippen molar-refractivity contribution in [2.45, 2.75) is 19.5 Å². The van der Waals surface area contributed by atoms with Crippen LogP contribution in [0.25, 0.3) is 16.9 Å². The Hall–Kier alpha value is -3.32. The highest BCUT2D eigenvalue weighted by atomic mass is 15.3. The summed E-state index contributed by atoms with van der Waals surface area (Å²) in [4.78, 5) is 8.10. The van der Waals surface area contributed by atoms with Crippen LogP contribution in [0.1, 0.15) is 24.2 Å². The molecule has 0 aliphatic heterocycles. The number of hydrogen-bond donors (Lipinski definition) is 2. The molecule has 1 unspecified atom stereocenters. The van der Waals surface area contributed by atoms with E-state index in [1.54, 1.807) is 17.2 Å². The van der Waals surface area contributed by atoms with Gasteiger partial charge in [-0.3, -0.25) is 10.1 Å². The zero-order valence-corrected chi connectivity index (χ0v) is 14.4. The average molecular weight is 345 g/mol. The number of rotatable bonds is 6. The molecule has 0 radical (unpaired) electrons. The Balaban J connectivity index is 1.38. The molecule has 0 fully saturated rings. The zero-order valence-electron chi connectivity index (χ0n) is 14.4. The maximum Gasteiger partial charge on any atom is 0.138 e. The summed E-state index contributed by atoms with van der Waals surface area (Å²) in [5.41, 5.74) is 5.15. The Morgan fingerprint density at radius 3 is 2.77 bits per heavy atom. The lowest BCUT2D eigenvalue weighted by molar-refractivity contribution is 0.567. The third-order valence-corrected chi connectivity index (χ3v) is 4.26. The Kier molecular flexibility index (Phi) is 4.53. The Bertz CT molecular complexity index is 943. The standard InChI is InChI=1S/C19H19N7/c1-14(15-4-6-18(7-5-15)26-13-21-12-23-26)22-11-17-9-19(25-24-17)16-3-2-8-20-10-16/h2-10,12-14,22H,11H2,1H3,(H,24,25). The molecule has 4 rings (SSSR count). The molecule has 3 aromatic heterocycles. The predicted octanol–water partition coefficient (Wildman–Crippen LogP) is 2.90. The molecule has 0 bridgehead atoms. The molecule has 2 N–H and O–H groups in total. The molecule has 0 saturated heterocycles. The van der Waals surface area contributed by atoms with E-state index in [4.69, 9.17) is 0 Å². The maximum absolute atomic E-state index is 4.36. The zero-order chi connectivity index (χ0) is 17.8. The van der Waals surface area contributed by atoms with Crippen molar-refractivity contribution in [3.63, 3.8) is 0 Å². The number of aromatic nitrogens is 6. The molecule has 130 valence electrons. The topological polar surface area (TPSA) is 84.3 Å². The number of pyridine rings is 1. The molecular formula is C19H19N7. The van der Waals surface area contributed by atoms with Crippen LogP contribution in [0, 0.1) is 0 Å². The fourth-order valence-electron chi connectivity index (χ4n) is 2.75. The minimum Gasteiger partial charge on any atom is -0.305 e. The van der Waals surface area contributed by atoms with Crippen LogP contribution in [0.2, 0.25) is 0 Å². The Labute approximate surface area is 151 Å². The number of nitrogens with one attached hydrogen (secondary N) is 2. The van der Waals surface area contributed by atoms with E-state index in [2.05, 4.69) is 49.6 Å². The summed E-state index contributed by atoms with van der Waals surface area (Å²) in [5, 5.41) is 15.1. The van der Waals surface area contributed by atoms with Gasteiger partial charge in [-0.2, -0.15) is 10.2 Å². The van der Waals surface area contributed by atoms with Crippen LogP contribution in [-0.4, -0.2) is 29.9 Å². The third kappa shape index (κ3) is 3.52. The molecule has 0 aliphatic rings. The SMILES string of the molecule is CC(NCc1cc(-c2cccnc2)n[nH]1)c1ccc(-n2cncn2)cc1. The molecular weight excluding hydrogens is 326 g/mol. The highest BCUT2D eigenvalue weighted by Crippen LogP contribution is 2.18. The fourth-order valence-corrected chi connectivity index (χ4v) is 2.75. The minimum absolute atomic E-state index is 0.213. The number of benzene rings is 1. The van der Waals surface area contributed by atoms with Gasteiger partial charge in [0.25, 0.3) is 0 Å². The van der Waals surface area contributed by atoms with Gasteiger partial charge >= 0.3 is 0 Å². The van der Waals surface area contributed by atoms with Crippen molar-refractivity contribution in [1.29, 1.82) is 0 Å². The molecule has 0 saturated carbocycles. The van der Waals surface area contributed by atoms with E-state index in [-0.39, 0.29) is 6.04 Å². The molecule has 7 nitrogen and oxygen atoms in total. The van der Waals surface area contributed by atoms with Crippen LogP contribution < -0.4 is 5.32 Å². The first-order valence-corrected chi connectivity index (χ1v) is 8.42. The summed E-state index contributed by atoms with van der Waals surface area (Å²) < 4.78 is 1.74. The number of H-pyrrole nitrogens is 1. The smallest absolute Gasteiger partial charge is 0.138 e. The second kappa shape index (κ2) is 7.28. The van der Waals surface area contributed by atoms with Gasteiger partial charge in [-0.25, -0.2) is 9.67 Å². The Morgan fingerprint density at radius 2 is 2.04 bits per heavy atom. The third-order valence-electron chi connectivity index (χ3n) is 4.26. The summed E-state index contributed by atoms with van der Waals surface area (Å²) in [7, 11) is 0. The van der Waals surface area contributed by atoms with Crippen molar-refractivity contribution < 1.29 is 0 Å². The van der Waals surface area contributed by atoms with Crippen LogP contribution in [0.5, 0.6) is 0 Å². The first-order chi connectivity index (χ1) is 12.8. The summed E-state index contributed by atoms with van der Waals surface area (Å²) in [5.74, 6) is 0. The highest BCUT2D eigenvalue weighted by molar-refractivity contribution is 5.57. The van der Waals surface area contributed by atoms with Gasteiger partial charge in [0.2, 0.25) is 0 Å². The lowest BCUT2D eigenvalue weighted by Crippen LogP contribution is -2.18. The van der Waals surface area contributed by atoms with Crippen LogP contribution in [0.15, 0.2) is 67.5 Å². The second-order valence-electron chi connectivity index (χ2n) is 6.05. The van der Waals surface area contributed by atoms with E-state index in [0.717, 1.165) is 22.6 Å². The van der Waals surface area contributed by atoms with Crippen molar-refractivity contribution in [1.82, 2.24) is 35.3 Å². The van der Waals surface area contributed by atoms with E-state index in [0.29, 0.717) is 6.54 Å². The van der Waals surface area contributed by atoms with Gasteiger partial charge in [0.1, 0.15) is 12.7 Å². The van der Waals surface area contributed by atoms with Crippen LogP contribution >= 0.6 is 0 Å². The van der Waals surface area contributed by atoms with Crippen molar-refractivity contribution in [2.24, 2.45) is 0 Å². The van der Waals surface area contributed by atoms with Crippen molar-refractivity contribution in [3.05, 3.63) is 78.8 Å². The lowest BCUT2D eigenvalue weighted by atomic mass is 10.1. The molecule has 7 heteroatoms. The maximum atomic E-state index is 4.36. The summed E-state index contributed by atoms with van der Waals surface area (Å²) >= 11 is 0. The van der Waals surface area contributed by atoms with E-state index in [1.165, 1.54) is 11.9 Å². The van der Waals surface area contributed by atoms with Crippen LogP contribution in [0.4, 0.5) is 0 Å². The second-order valence-corrected chi connectivity index (χ2v) is 6.05. The Morgan fingerprint density at radius 1 is 1.15 bits per heavy atom. The minimum atomic E-state index is 0.213. The highest BCUT2D eigenvalue weighted by Gasteiger charge is 2.08. The number of nitrogens with zero attached hydrogens (tertiary/aromatic N) is 5. The molecule has 1 aromatic carbocycles. The van der Waals surface area contributed by atoms with Gasteiger partial charge < -0.3 is 5.32 Å². The normalized spacial score (nSPS) is 12.2. The summed E-state index contributed by atoms with van der Waals surface area (Å²) in [6.07, 6.45) is 6.79. The van der Waals surface area contributed by atoms with Gasteiger partial charge in [-0.1, -0.05) is 12.1 Å². The summed E-state index contributed by atoms with van der Waals surface area (Å²) in [6.45, 7) is 2.85. The first-order valence-electron chi connectivity index (χ1n) is 8.42. The number of hydrogen-bond acceptors (Lipinski definition) is 5. The van der Waals surface area contributed by atoms with E-state index >= 15 is 0 Å². The molecule has 0 amide bonds. The molecule has 1 atom stereocenters. The van der Waals surface area contributed by atoms with Gasteiger partial charge in [-0.05, 0) is 42.8 Å². The summed E-state index contributed by atoms with van der Waals surface area (Å²) in [6, 6.07) is 14.4. The quantitative estimate of drug-likeness (QED) is 0.561. The first kappa shape index (κ1) is 16.2. The van der Waals surface area contributed by atoms with E-state index in [9.17, 15) is 0 Å². The molecule has 0 spiro atoms. The average Bonchev–Trinajstić information content (AvgIpc) is 3.39. The predicted molar refractivity (Wildman–Crippen MR) is 98.4 cm³/mol. The molecule has 3 heterocycles. The van der Waals surface area contributed by atoms with Crippen molar-refractivity contribution >= 4 is 0 Å². The molecule has 26 heavy (non-hydrogen) atoms. The van der Waals surface area contributed by atoms with Gasteiger partial charge in [-0.15, -0.1) is 0 Å². The van der Waals surface area contributed by atoms with E-state index in [1.807, 2.05) is 36.5 Å². The largest absolute Gasteiger partial charge is 0.305 e. The van der Waals surface area contributed by atoms with Gasteiger partial charge in [0.05, 0.1) is 11.4 Å². The van der Waals surface area contributed by atoms with Gasteiger partial charge in [0.15, 0.2) is 0 Å². The molecule has 0 aliphatic carbocycles. The lowest BCUT2D eigenvalue weighted by Gasteiger charge is -2.14. The monoisotopic (exact) mass is 345 g/mol. The molecule has 4 aromatic rings. The fraction of sp³-hybridized carbons (Fsp3) is 0.158.